The third-order valence-corrected chi connectivity index (χ3v) is 6.53. The minimum absolute atomic E-state index is 0.0855. The Morgan fingerprint density at radius 3 is 2.50 bits per heavy atom. The highest BCUT2D eigenvalue weighted by Crippen LogP contribution is 2.26. The number of para-hydroxylation sites is 1. The summed E-state index contributed by atoms with van der Waals surface area (Å²) in [5, 5.41) is 12.1. The molecule has 9 heteroatoms. The summed E-state index contributed by atoms with van der Waals surface area (Å²) in [7, 11) is 1.79. The van der Waals surface area contributed by atoms with Crippen LogP contribution in [0.4, 0.5) is 5.69 Å². The van der Waals surface area contributed by atoms with E-state index in [9.17, 15) is 9.59 Å². The molecule has 0 fully saturated rings. The minimum Gasteiger partial charge on any atom is -0.319 e. The first-order valence-electron chi connectivity index (χ1n) is 10.8. The molecule has 2 aromatic heterocycles. The minimum atomic E-state index is -0.290. The molecule has 2 heterocycles. The summed E-state index contributed by atoms with van der Waals surface area (Å²) in [4.78, 5) is 25.8. The molecule has 0 atom stereocenters. The highest BCUT2D eigenvalue weighted by molar-refractivity contribution is 7.99. The van der Waals surface area contributed by atoms with Gasteiger partial charge in [0.25, 0.3) is 5.56 Å². The van der Waals surface area contributed by atoms with Crippen LogP contribution in [0.1, 0.15) is 11.3 Å². The summed E-state index contributed by atoms with van der Waals surface area (Å²) < 4.78 is 5.20. The molecule has 4 rings (SSSR count). The molecule has 0 saturated heterocycles. The molecule has 4 aromatic rings. The quantitative estimate of drug-likeness (QED) is 0.308. The molecular weight excluding hydrogens is 448 g/mol. The van der Waals surface area contributed by atoms with Gasteiger partial charge in [-0.3, -0.25) is 18.8 Å². The van der Waals surface area contributed by atoms with Crippen LogP contribution in [0.15, 0.2) is 77.2 Å². The lowest BCUT2D eigenvalue weighted by Gasteiger charge is -2.09. The molecular formula is C25H26N6O2S. The normalized spacial score (nSPS) is 10.9. The van der Waals surface area contributed by atoms with Crippen molar-refractivity contribution in [1.82, 2.24) is 24.1 Å². The topological polar surface area (TPSA) is 86.7 Å². The number of aromatic nitrogens is 5. The van der Waals surface area contributed by atoms with Crippen LogP contribution in [0, 0.1) is 13.8 Å². The number of thioether (sulfide) groups is 1. The van der Waals surface area contributed by atoms with Gasteiger partial charge < -0.3 is 5.32 Å². The van der Waals surface area contributed by atoms with Gasteiger partial charge in [0.05, 0.1) is 17.1 Å². The van der Waals surface area contributed by atoms with Crippen molar-refractivity contribution >= 4 is 23.4 Å². The van der Waals surface area contributed by atoms with E-state index in [1.54, 1.807) is 24.7 Å². The third-order valence-electron chi connectivity index (χ3n) is 5.57. The number of rotatable bonds is 8. The summed E-state index contributed by atoms with van der Waals surface area (Å²) in [6, 6.07) is 17.3. The van der Waals surface area contributed by atoms with E-state index in [2.05, 4.69) is 22.1 Å². The van der Waals surface area contributed by atoms with E-state index in [0.29, 0.717) is 17.4 Å². The van der Waals surface area contributed by atoms with Gasteiger partial charge in [0.1, 0.15) is 5.69 Å². The fourth-order valence-electron chi connectivity index (χ4n) is 3.73. The zero-order chi connectivity index (χ0) is 24.2. The monoisotopic (exact) mass is 474 g/mol. The zero-order valence-electron chi connectivity index (χ0n) is 19.4. The van der Waals surface area contributed by atoms with Crippen molar-refractivity contribution in [3.63, 3.8) is 0 Å². The molecule has 0 radical (unpaired) electrons. The van der Waals surface area contributed by atoms with Crippen molar-refractivity contribution in [3.05, 3.63) is 88.9 Å². The number of aryl methyl sites for hydroxylation is 1. The van der Waals surface area contributed by atoms with Crippen LogP contribution in [-0.2, 0) is 18.4 Å². The van der Waals surface area contributed by atoms with Gasteiger partial charge in [-0.2, -0.15) is 0 Å². The number of carbonyl (C=O) groups is 1. The van der Waals surface area contributed by atoms with Gasteiger partial charge in [0.15, 0.2) is 11.0 Å². The van der Waals surface area contributed by atoms with Crippen LogP contribution in [0.5, 0.6) is 0 Å². The number of anilines is 1. The van der Waals surface area contributed by atoms with Crippen LogP contribution in [0.3, 0.4) is 0 Å². The maximum Gasteiger partial charge on any atom is 0.295 e. The van der Waals surface area contributed by atoms with Crippen molar-refractivity contribution in [3.8, 4) is 17.1 Å². The number of nitrogens with one attached hydrogen (secondary N) is 1. The maximum absolute atomic E-state index is 13.0. The van der Waals surface area contributed by atoms with Crippen LogP contribution < -0.4 is 10.9 Å². The Bertz CT molecular complexity index is 1400. The molecule has 0 spiro atoms. The Morgan fingerprint density at radius 1 is 1.09 bits per heavy atom. The number of hydrogen-bond acceptors (Lipinski definition) is 5. The number of amides is 1. The Kier molecular flexibility index (Phi) is 6.83. The van der Waals surface area contributed by atoms with E-state index < -0.39 is 0 Å². The molecule has 0 unspecified atom stereocenters. The lowest BCUT2D eigenvalue weighted by Crippen LogP contribution is -2.23. The van der Waals surface area contributed by atoms with E-state index in [0.717, 1.165) is 22.6 Å². The van der Waals surface area contributed by atoms with Crippen molar-refractivity contribution in [2.75, 3.05) is 11.1 Å². The van der Waals surface area contributed by atoms with Crippen molar-refractivity contribution in [1.29, 1.82) is 0 Å². The van der Waals surface area contributed by atoms with Gasteiger partial charge in [0, 0.05) is 19.2 Å². The van der Waals surface area contributed by atoms with E-state index in [1.807, 2.05) is 66.1 Å². The first-order valence-corrected chi connectivity index (χ1v) is 11.8. The number of allylic oxidation sites excluding steroid dienone is 1. The Labute approximate surface area is 201 Å². The van der Waals surface area contributed by atoms with Gasteiger partial charge >= 0.3 is 0 Å². The molecule has 2 aromatic carbocycles. The fraction of sp³-hybridized carbons (Fsp3) is 0.200. The van der Waals surface area contributed by atoms with E-state index >= 15 is 0 Å². The third kappa shape index (κ3) is 4.47. The molecule has 0 aliphatic rings. The average Bonchev–Trinajstić information content (AvgIpc) is 3.32. The molecule has 0 saturated carbocycles. The molecule has 1 amide bonds. The van der Waals surface area contributed by atoms with E-state index in [4.69, 9.17) is 0 Å². The average molecular weight is 475 g/mol. The smallest absolute Gasteiger partial charge is 0.295 e. The number of hydrogen-bond donors (Lipinski definition) is 1. The predicted octanol–water partition coefficient (Wildman–Crippen LogP) is 3.97. The highest BCUT2D eigenvalue weighted by Gasteiger charge is 2.20. The Balaban J connectivity index is 1.53. The van der Waals surface area contributed by atoms with Crippen molar-refractivity contribution in [2.45, 2.75) is 25.5 Å². The highest BCUT2D eigenvalue weighted by atomic mass is 32.2. The lowest BCUT2D eigenvalue weighted by molar-refractivity contribution is -0.113. The molecule has 34 heavy (non-hydrogen) atoms. The van der Waals surface area contributed by atoms with Crippen LogP contribution in [0.25, 0.3) is 17.1 Å². The Hall–Kier alpha value is -3.85. The summed E-state index contributed by atoms with van der Waals surface area (Å²) in [5.74, 6) is 0.523. The molecule has 0 aliphatic carbocycles. The second kappa shape index (κ2) is 9.96. The molecule has 1 N–H and O–H groups in total. The second-order valence-electron chi connectivity index (χ2n) is 7.79. The number of benzene rings is 2. The molecule has 0 aliphatic heterocycles. The fourth-order valence-corrected chi connectivity index (χ4v) is 4.48. The van der Waals surface area contributed by atoms with Gasteiger partial charge in [0.2, 0.25) is 5.91 Å². The number of nitrogens with zero attached hydrogens (tertiary/aromatic N) is 5. The lowest BCUT2D eigenvalue weighted by atomic mass is 10.1. The largest absolute Gasteiger partial charge is 0.319 e. The SMILES string of the molecule is C=CCn1c(SCC(=O)Nc2c(C)n(C)n(-c3ccccc3)c2=O)nnc1-c1ccccc1C. The molecule has 174 valence electrons. The number of carbonyl (C=O) groups excluding carboxylic acids is 1. The second-order valence-corrected chi connectivity index (χ2v) is 8.74. The van der Waals surface area contributed by atoms with Gasteiger partial charge in [-0.15, -0.1) is 16.8 Å². The summed E-state index contributed by atoms with van der Waals surface area (Å²) in [6.07, 6.45) is 1.77. The van der Waals surface area contributed by atoms with Crippen LogP contribution >= 0.6 is 11.8 Å². The van der Waals surface area contributed by atoms with Crippen LogP contribution in [0.2, 0.25) is 0 Å². The van der Waals surface area contributed by atoms with Gasteiger partial charge in [-0.1, -0.05) is 60.3 Å². The first kappa shape index (κ1) is 23.3. The summed E-state index contributed by atoms with van der Waals surface area (Å²) in [5.41, 5.74) is 3.46. The molecule has 0 bridgehead atoms. The van der Waals surface area contributed by atoms with Crippen molar-refractivity contribution in [2.24, 2.45) is 7.05 Å². The Morgan fingerprint density at radius 2 is 1.79 bits per heavy atom. The first-order chi connectivity index (χ1) is 16.4. The van der Waals surface area contributed by atoms with Gasteiger partial charge in [-0.25, -0.2) is 4.68 Å². The zero-order valence-corrected chi connectivity index (χ0v) is 20.2. The maximum atomic E-state index is 13.0. The van der Waals surface area contributed by atoms with Crippen molar-refractivity contribution < 1.29 is 4.79 Å². The molecule has 8 nitrogen and oxygen atoms in total. The standard InChI is InChI=1S/C25H26N6O2S/c1-5-15-30-23(20-14-10-9-11-17(20)2)27-28-25(30)34-16-21(32)26-22-18(3)29(4)31(24(22)33)19-12-7-6-8-13-19/h5-14H,1,15-16H2,2-4H3,(H,26,32). The van der Waals surface area contributed by atoms with Gasteiger partial charge in [-0.05, 0) is 31.5 Å². The van der Waals surface area contributed by atoms with E-state index in [-0.39, 0.29) is 22.9 Å². The predicted molar refractivity (Wildman–Crippen MR) is 135 cm³/mol. The van der Waals surface area contributed by atoms with E-state index in [1.165, 1.54) is 16.4 Å². The summed E-state index contributed by atoms with van der Waals surface area (Å²) in [6.45, 7) is 8.17. The van der Waals surface area contributed by atoms with Crippen LogP contribution in [-0.4, -0.2) is 35.8 Å². The summed E-state index contributed by atoms with van der Waals surface area (Å²) >= 11 is 1.27.